The maximum Gasteiger partial charge on any atom is 0.251 e. The van der Waals surface area contributed by atoms with Gasteiger partial charge < -0.3 is 129 Å². The largest absolute Gasteiger partial charge is 0.394 e. The van der Waals surface area contributed by atoms with Gasteiger partial charge in [-0.1, -0.05) is 146 Å². The molecule has 18 amide bonds. The van der Waals surface area contributed by atoms with Crippen molar-refractivity contribution in [2.24, 2.45) is 28.7 Å². The van der Waals surface area contributed by atoms with Crippen LogP contribution in [0.5, 0.6) is 0 Å². The Bertz CT molecular complexity index is 5640. The van der Waals surface area contributed by atoms with E-state index in [9.17, 15) is 43.5 Å². The molecule has 7 aromatic rings. The minimum Gasteiger partial charge on any atom is -0.394 e. The average Bonchev–Trinajstić information content (AvgIpc) is 0.821. The molecule has 140 heavy (non-hydrogen) atoms. The number of carbonyl (C=O) groups excluding carboxylic acids is 18. The van der Waals surface area contributed by atoms with Gasteiger partial charge in [0.1, 0.15) is 72.5 Å². The molecule has 7 aromatic carbocycles. The second kappa shape index (κ2) is 54.7. The summed E-state index contributed by atoms with van der Waals surface area (Å²) >= 11 is 0. The van der Waals surface area contributed by atoms with Gasteiger partial charge in [0.05, 0.1) is 6.61 Å². The zero-order valence-electron chi connectivity index (χ0n) is 77.4. The number of nitrogens with two attached hydrogens (primary N) is 5. The van der Waals surface area contributed by atoms with E-state index in [2.05, 4.69) is 95.7 Å². The van der Waals surface area contributed by atoms with E-state index in [-0.39, 0.29) is 109 Å². The molecular weight excluding hydrogens is 1810 g/mol. The number of rotatable bonds is 32. The monoisotopic (exact) mass is 1930 g/mol. The van der Waals surface area contributed by atoms with E-state index in [1.807, 2.05) is 18.2 Å². The molecule has 2 aliphatic heterocycles. The maximum absolute atomic E-state index is 15.6. The molecule has 0 saturated carbocycles. The highest BCUT2D eigenvalue weighted by atomic mass is 16.3. The summed E-state index contributed by atoms with van der Waals surface area (Å²) in [6, 6.07) is 23.6. The van der Waals surface area contributed by atoms with E-state index in [1.54, 1.807) is 115 Å². The first-order chi connectivity index (χ1) is 67.1. The summed E-state index contributed by atoms with van der Waals surface area (Å²) < 4.78 is 0. The van der Waals surface area contributed by atoms with Crippen molar-refractivity contribution in [3.8, 4) is 0 Å². The van der Waals surface area contributed by atoms with Crippen LogP contribution in [-0.4, -0.2) is 242 Å². The summed E-state index contributed by atoms with van der Waals surface area (Å²) in [4.78, 5) is 263. The molecule has 0 fully saturated rings. The Hall–Kier alpha value is -16.0. The summed E-state index contributed by atoms with van der Waals surface area (Å²) in [5.74, 6) is -19.2. The standard InChI is InChI=1S/C96H123N25O19/c1-54-81(127)112-68(28-16-40-107-95(100)101)86(132)113-69(29-17-41-108-96(102)103)88(134)119-74(85(131)106-43-36-77(124)104-42-37-78(125)111-66(80(99)126)26-12-14-38-97)52-109-83(129)64-49-63-50-65(51-64)84(130)116-72(47-56-30-32-58-20-8-10-24-61(58)44-56)91(137)120-75(53-122)93(139)114-70(34-35-76(98)123)89(135)118-73(48-57-31-33-59-21-9-11-25-62(59)45-57)92(138)121-79(60-22-6-3-7-23-60)94(140)115-67(27-13-15-39-105-82(63)128)87(133)117-71(90(136)110-54)46-55-18-4-2-5-19-55/h2-11,18-25,30-33,44-45,49-51,54,66-75,79,122H,12-17,26-29,34-43,46-48,52-53,97H2,1H3,(H2,98,123)(H2,99,126)(H,104,124)(H,105,128)(H,106,131)(H,109,129)(H,110,136)(H,111,125)(H,112,127)(H,113,132)(H,114,139)(H,115,140)(H,116,130)(H,117,133)(H,118,135)(H,119,134)(H,120,137)(H,121,138)(H4,100,101,107)(H4,102,103,108)/t54-,66?,67-,68+,69-,70-,71+,72+,73+,74-,75-,79-/m0/s1. The number of aliphatic hydroxyl groups excluding tert-OH is 1. The summed E-state index contributed by atoms with van der Waals surface area (Å²) in [6.07, 6.45) is -2.74. The van der Waals surface area contributed by atoms with Crippen molar-refractivity contribution in [1.82, 2.24) is 95.7 Å². The van der Waals surface area contributed by atoms with Crippen LogP contribution in [-0.2, 0) is 91.2 Å². The average molecular weight is 1930 g/mol. The molecule has 31 N–H and O–H groups in total. The van der Waals surface area contributed by atoms with Gasteiger partial charge in [-0.05, 0) is 146 Å². The molecule has 0 aromatic heterocycles. The van der Waals surface area contributed by atoms with Crippen LogP contribution in [0.25, 0.3) is 21.5 Å². The molecule has 2 aliphatic rings. The molecular formula is C96H123N25O19. The maximum atomic E-state index is 15.6. The molecule has 0 radical (unpaired) electrons. The zero-order valence-corrected chi connectivity index (χ0v) is 77.4. The smallest absolute Gasteiger partial charge is 0.251 e. The Kier molecular flexibility index (Phi) is 42.0. The van der Waals surface area contributed by atoms with Crippen molar-refractivity contribution >= 4 is 140 Å². The normalized spacial score (nSPS) is 20.8. The second-order valence-electron chi connectivity index (χ2n) is 33.9. The van der Waals surface area contributed by atoms with Crippen molar-refractivity contribution in [1.29, 1.82) is 10.8 Å². The zero-order chi connectivity index (χ0) is 101. The van der Waals surface area contributed by atoms with Crippen LogP contribution < -0.4 is 124 Å². The van der Waals surface area contributed by atoms with Crippen molar-refractivity contribution < 1.29 is 91.4 Å². The molecule has 2 heterocycles. The minimum absolute atomic E-state index is 0.00945. The van der Waals surface area contributed by atoms with Gasteiger partial charge in [0.2, 0.25) is 88.6 Å². The molecule has 0 spiro atoms. The van der Waals surface area contributed by atoms with E-state index in [0.29, 0.717) is 46.8 Å². The first-order valence-electron chi connectivity index (χ1n) is 46.1. The summed E-state index contributed by atoms with van der Waals surface area (Å²) in [5.41, 5.74) is 28.0. The Balaban J connectivity index is 1.17. The number of benzene rings is 7. The number of carbonyl (C=O) groups is 18. The number of amides is 18. The first kappa shape index (κ1) is 108. The predicted octanol–water partition coefficient (Wildman–Crippen LogP) is -3.39. The Morgan fingerprint density at radius 1 is 0.407 bits per heavy atom. The van der Waals surface area contributed by atoms with Crippen LogP contribution in [0.2, 0.25) is 0 Å². The van der Waals surface area contributed by atoms with Gasteiger partial charge in [-0.3, -0.25) is 97.1 Å². The van der Waals surface area contributed by atoms with Crippen LogP contribution in [0.4, 0.5) is 0 Å². The highest BCUT2D eigenvalue weighted by molar-refractivity contribution is 6.07. The molecule has 4 bridgehead atoms. The summed E-state index contributed by atoms with van der Waals surface area (Å²) in [7, 11) is 0. The molecule has 0 aliphatic carbocycles. The van der Waals surface area contributed by atoms with Crippen LogP contribution in [0.1, 0.15) is 156 Å². The van der Waals surface area contributed by atoms with Gasteiger partial charge in [0, 0.05) is 94.5 Å². The summed E-state index contributed by atoms with van der Waals surface area (Å²) in [6.45, 7) is -1.63. The van der Waals surface area contributed by atoms with Crippen molar-refractivity contribution in [3.05, 3.63) is 203 Å². The third-order valence-electron chi connectivity index (χ3n) is 23.1. The number of hydrogen-bond donors (Lipinski definition) is 26. The first-order valence-corrected chi connectivity index (χ1v) is 46.1. The molecule has 44 nitrogen and oxygen atoms in total. The van der Waals surface area contributed by atoms with Gasteiger partial charge in [0.25, 0.3) is 17.7 Å². The number of nitrogens with one attached hydrogen (secondary N) is 20. The highest BCUT2D eigenvalue weighted by Crippen LogP contribution is 2.23. The molecule has 44 heteroatoms. The Labute approximate surface area is 806 Å². The second-order valence-corrected chi connectivity index (χ2v) is 33.9. The van der Waals surface area contributed by atoms with Crippen LogP contribution >= 0.6 is 0 Å². The minimum atomic E-state index is -1.99. The number of unbranched alkanes of at least 4 members (excludes halogenated alkanes) is 1. The van der Waals surface area contributed by atoms with E-state index < -0.39 is 246 Å². The lowest BCUT2D eigenvalue weighted by Crippen LogP contribution is -2.60. The van der Waals surface area contributed by atoms with Crippen molar-refractivity contribution in [2.75, 3.05) is 52.4 Å². The van der Waals surface area contributed by atoms with Gasteiger partial charge in [-0.25, -0.2) is 0 Å². The fourth-order valence-electron chi connectivity index (χ4n) is 15.5. The number of primary amides is 2. The van der Waals surface area contributed by atoms with Crippen molar-refractivity contribution in [2.45, 2.75) is 189 Å². The number of guanidine groups is 2. The fraction of sp³-hybridized carbons (Fsp3) is 0.396. The van der Waals surface area contributed by atoms with Gasteiger partial charge in [0.15, 0.2) is 11.9 Å². The van der Waals surface area contributed by atoms with Gasteiger partial charge in [-0.2, -0.15) is 0 Å². The topological polar surface area (TPSA) is 722 Å². The van der Waals surface area contributed by atoms with E-state index in [4.69, 9.17) is 39.5 Å². The molecule has 12 atom stereocenters. The summed E-state index contributed by atoms with van der Waals surface area (Å²) in [5, 5.41) is 76.7. The lowest BCUT2D eigenvalue weighted by atomic mass is 9.99. The SMILES string of the molecule is C[C@@H]1NC(=O)[C@@H](Cc2ccccc2)NC(=O)[C@@H]2CCCCNC(=O)c3cc(cc(c3)C(=O)N[C@H](Cc3ccc4ccccc4c3)C(=O)N[C@@H](CO)C(=O)N[C@@H](CCC(N)=O)C(=O)N[C@H](Cc3ccc4ccccc4c3)C(=O)N[C@@H](c3ccccc3)C(=O)N2)C(=O)NC[C@@H](C(=O)NCCC(=O)NCCC(=O)NC(CCCCN)C(N)=O)NC(=O)[C@H](CCCNC(=N)N)NC(=O)[C@@H](CCCNC(=N)N)NC1=O. The van der Waals surface area contributed by atoms with E-state index in [1.165, 1.54) is 19.1 Å². The number of hydrogen-bond acceptors (Lipinski definition) is 22. The number of fused-ring (bicyclic) bond motifs is 10. The molecule has 9 rings (SSSR count). The van der Waals surface area contributed by atoms with E-state index in [0.717, 1.165) is 29.0 Å². The third-order valence-corrected chi connectivity index (χ3v) is 23.1. The highest BCUT2D eigenvalue weighted by Gasteiger charge is 2.39. The fourth-order valence-corrected chi connectivity index (χ4v) is 15.5. The molecule has 746 valence electrons. The quantitative estimate of drug-likeness (QED) is 0.0111. The van der Waals surface area contributed by atoms with Crippen molar-refractivity contribution in [3.63, 3.8) is 0 Å². The van der Waals surface area contributed by atoms with Gasteiger partial charge >= 0.3 is 0 Å². The van der Waals surface area contributed by atoms with Crippen LogP contribution in [0.15, 0.2) is 164 Å². The molecule has 1 unspecified atom stereocenters. The lowest BCUT2D eigenvalue weighted by molar-refractivity contribution is -0.136. The molecule has 0 saturated heterocycles. The van der Waals surface area contributed by atoms with Gasteiger partial charge in [-0.15, -0.1) is 0 Å². The van der Waals surface area contributed by atoms with Crippen LogP contribution in [0, 0.1) is 10.8 Å². The van der Waals surface area contributed by atoms with Crippen LogP contribution in [0.3, 0.4) is 0 Å². The predicted molar refractivity (Wildman–Crippen MR) is 515 cm³/mol. The Morgan fingerprint density at radius 3 is 1.44 bits per heavy atom. The third kappa shape index (κ3) is 34.7. The van der Waals surface area contributed by atoms with E-state index >= 15 is 47.9 Å². The lowest BCUT2D eigenvalue weighted by Gasteiger charge is -2.28. The number of aliphatic hydroxyl groups is 1. The Morgan fingerprint density at radius 2 is 0.871 bits per heavy atom.